The number of amides is 1. The van der Waals surface area contributed by atoms with Crippen molar-refractivity contribution in [3.05, 3.63) is 64.5 Å². The van der Waals surface area contributed by atoms with E-state index in [1.165, 1.54) is 0 Å². The molecular formula is C25H26ClN3O3. The SMILES string of the molecule is [C-]#[N+]c1ccc(O[C@H]2C[C@H](NC(=O)c3ccc(N4CCC(=O)CC4)cc3)C2(C)C)cc1Cl. The number of nitrogens with zero attached hydrogens (tertiary/aromatic N) is 2. The summed E-state index contributed by atoms with van der Waals surface area (Å²) in [6, 6.07) is 12.6. The first-order chi connectivity index (χ1) is 15.3. The number of carbonyl (C=O) groups is 2. The van der Waals surface area contributed by atoms with Crippen LogP contribution in [-0.2, 0) is 4.79 Å². The zero-order valence-electron chi connectivity index (χ0n) is 18.2. The second-order valence-corrected chi connectivity index (χ2v) is 9.39. The van der Waals surface area contributed by atoms with Gasteiger partial charge in [0, 0.05) is 55.1 Å². The molecule has 0 bridgehead atoms. The van der Waals surface area contributed by atoms with E-state index in [4.69, 9.17) is 22.9 Å². The van der Waals surface area contributed by atoms with Crippen LogP contribution in [0.15, 0.2) is 42.5 Å². The van der Waals surface area contributed by atoms with E-state index in [9.17, 15) is 9.59 Å². The Morgan fingerprint density at radius 1 is 1.19 bits per heavy atom. The third-order valence-corrected chi connectivity index (χ3v) is 6.92. The van der Waals surface area contributed by atoms with Crippen LogP contribution in [0.1, 0.15) is 43.5 Å². The third kappa shape index (κ3) is 4.44. The van der Waals surface area contributed by atoms with Crippen molar-refractivity contribution in [3.8, 4) is 5.75 Å². The largest absolute Gasteiger partial charge is 0.490 e. The summed E-state index contributed by atoms with van der Waals surface area (Å²) in [5, 5.41) is 3.50. The van der Waals surface area contributed by atoms with Crippen LogP contribution in [0.3, 0.4) is 0 Å². The van der Waals surface area contributed by atoms with Crippen LogP contribution in [0.2, 0.25) is 5.02 Å². The zero-order chi connectivity index (χ0) is 22.9. The lowest BCUT2D eigenvalue weighted by Gasteiger charge is -2.51. The Morgan fingerprint density at radius 3 is 2.47 bits per heavy atom. The van der Waals surface area contributed by atoms with Crippen molar-refractivity contribution in [1.29, 1.82) is 0 Å². The molecule has 0 unspecified atom stereocenters. The molecule has 1 saturated carbocycles. The van der Waals surface area contributed by atoms with Gasteiger partial charge in [0.25, 0.3) is 5.91 Å². The summed E-state index contributed by atoms with van der Waals surface area (Å²) in [5.74, 6) is 0.831. The van der Waals surface area contributed by atoms with Crippen molar-refractivity contribution < 1.29 is 14.3 Å². The molecule has 32 heavy (non-hydrogen) atoms. The molecule has 2 aromatic carbocycles. The van der Waals surface area contributed by atoms with Crippen molar-refractivity contribution in [2.45, 2.75) is 45.3 Å². The maximum Gasteiger partial charge on any atom is 0.251 e. The molecule has 1 N–H and O–H groups in total. The fourth-order valence-electron chi connectivity index (χ4n) is 4.23. The van der Waals surface area contributed by atoms with E-state index in [-0.39, 0.29) is 23.5 Å². The van der Waals surface area contributed by atoms with Gasteiger partial charge in [0.2, 0.25) is 5.69 Å². The standard InChI is InChI=1S/C25H26ClN3O3/c1-25(2)22(15-23(25)32-19-8-9-21(27-3)20(26)14-19)28-24(31)16-4-6-17(7-5-16)29-12-10-18(30)11-13-29/h4-9,14,22-23H,10-13,15H2,1-2H3,(H,28,31)/t22-,23-/m0/s1. The molecule has 2 aliphatic rings. The van der Waals surface area contributed by atoms with Gasteiger partial charge in [-0.25, -0.2) is 4.85 Å². The minimum absolute atomic E-state index is 0.00855. The first-order valence-electron chi connectivity index (χ1n) is 10.8. The van der Waals surface area contributed by atoms with Crippen molar-refractivity contribution in [1.82, 2.24) is 5.32 Å². The molecule has 7 heteroatoms. The maximum absolute atomic E-state index is 12.8. The van der Waals surface area contributed by atoms with E-state index in [0.29, 0.717) is 47.1 Å². The number of benzene rings is 2. The molecule has 0 spiro atoms. The van der Waals surface area contributed by atoms with Gasteiger partial charge in [-0.3, -0.25) is 9.59 Å². The smallest absolute Gasteiger partial charge is 0.251 e. The van der Waals surface area contributed by atoms with Gasteiger partial charge in [-0.1, -0.05) is 31.5 Å². The van der Waals surface area contributed by atoms with Gasteiger partial charge in [-0.05, 0) is 36.4 Å². The van der Waals surface area contributed by atoms with Gasteiger partial charge >= 0.3 is 0 Å². The molecule has 1 heterocycles. The number of Topliss-reactive ketones (excluding diaryl/α,β-unsaturated/α-hetero) is 1. The van der Waals surface area contributed by atoms with Crippen LogP contribution < -0.4 is 15.0 Å². The molecule has 2 aromatic rings. The number of ether oxygens (including phenoxy) is 1. The molecule has 4 rings (SSSR count). The van der Waals surface area contributed by atoms with Crippen molar-refractivity contribution >= 4 is 34.7 Å². The molecule has 2 fully saturated rings. The number of anilines is 1. The highest BCUT2D eigenvalue weighted by molar-refractivity contribution is 6.33. The summed E-state index contributed by atoms with van der Waals surface area (Å²) in [6.07, 6.45) is 1.80. The highest BCUT2D eigenvalue weighted by atomic mass is 35.5. The van der Waals surface area contributed by atoms with E-state index in [0.717, 1.165) is 18.8 Å². The Labute approximate surface area is 193 Å². The first-order valence-corrected chi connectivity index (χ1v) is 11.2. The van der Waals surface area contributed by atoms with Gasteiger partial charge in [0.1, 0.15) is 17.6 Å². The predicted molar refractivity (Wildman–Crippen MR) is 125 cm³/mol. The van der Waals surface area contributed by atoms with Gasteiger partial charge in [0.05, 0.1) is 11.6 Å². The number of hydrogen-bond donors (Lipinski definition) is 1. The average molecular weight is 452 g/mol. The van der Waals surface area contributed by atoms with Gasteiger partial charge in [0.15, 0.2) is 0 Å². The lowest BCUT2D eigenvalue weighted by Crippen LogP contribution is -2.63. The van der Waals surface area contributed by atoms with E-state index in [1.807, 2.05) is 24.3 Å². The second-order valence-electron chi connectivity index (χ2n) is 8.99. The molecule has 2 atom stereocenters. The molecular weight excluding hydrogens is 426 g/mol. The lowest BCUT2D eigenvalue weighted by atomic mass is 9.64. The molecule has 6 nitrogen and oxygen atoms in total. The number of hydrogen-bond acceptors (Lipinski definition) is 4. The number of halogens is 1. The van der Waals surface area contributed by atoms with Gasteiger partial charge in [-0.2, -0.15) is 0 Å². The van der Waals surface area contributed by atoms with Crippen LogP contribution in [0.4, 0.5) is 11.4 Å². The monoisotopic (exact) mass is 451 g/mol. The van der Waals surface area contributed by atoms with E-state index < -0.39 is 0 Å². The molecule has 1 aliphatic heterocycles. The molecule has 1 amide bonds. The van der Waals surface area contributed by atoms with Crippen LogP contribution in [0, 0.1) is 12.0 Å². The van der Waals surface area contributed by atoms with E-state index in [2.05, 4.69) is 28.9 Å². The van der Waals surface area contributed by atoms with Gasteiger partial charge in [-0.15, -0.1) is 0 Å². The summed E-state index contributed by atoms with van der Waals surface area (Å²) in [7, 11) is 0. The highest BCUT2D eigenvalue weighted by Gasteiger charge is 2.50. The Balaban J connectivity index is 1.33. The van der Waals surface area contributed by atoms with Crippen LogP contribution in [0.5, 0.6) is 5.75 Å². The fraction of sp³-hybridized carbons (Fsp3) is 0.400. The Kier molecular flexibility index (Phi) is 6.12. The number of rotatable bonds is 5. The topological polar surface area (TPSA) is 63.0 Å². The summed E-state index contributed by atoms with van der Waals surface area (Å²) in [4.78, 5) is 29.8. The normalized spacial score (nSPS) is 21.9. The second kappa shape index (κ2) is 8.84. The fourth-order valence-corrected chi connectivity index (χ4v) is 4.44. The summed E-state index contributed by atoms with van der Waals surface area (Å²) >= 11 is 6.11. The minimum Gasteiger partial charge on any atom is -0.490 e. The van der Waals surface area contributed by atoms with Crippen molar-refractivity contribution in [3.63, 3.8) is 0 Å². The van der Waals surface area contributed by atoms with Crippen LogP contribution in [0.25, 0.3) is 4.85 Å². The van der Waals surface area contributed by atoms with Gasteiger partial charge < -0.3 is 15.0 Å². The third-order valence-electron chi connectivity index (χ3n) is 6.62. The molecule has 1 saturated heterocycles. The zero-order valence-corrected chi connectivity index (χ0v) is 19.0. The highest BCUT2D eigenvalue weighted by Crippen LogP contribution is 2.44. The quantitative estimate of drug-likeness (QED) is 0.647. The van der Waals surface area contributed by atoms with Crippen molar-refractivity contribution in [2.75, 3.05) is 18.0 Å². The first kappa shape index (κ1) is 22.2. The maximum atomic E-state index is 12.8. The van der Waals surface area contributed by atoms with E-state index >= 15 is 0 Å². The Morgan fingerprint density at radius 2 is 1.88 bits per heavy atom. The summed E-state index contributed by atoms with van der Waals surface area (Å²) in [5.41, 5.74) is 1.80. The minimum atomic E-state index is -0.249. The number of ketones is 1. The summed E-state index contributed by atoms with van der Waals surface area (Å²) < 4.78 is 6.09. The Hall–Kier alpha value is -3.04. The molecule has 0 aromatic heterocycles. The van der Waals surface area contributed by atoms with Crippen molar-refractivity contribution in [2.24, 2.45) is 5.41 Å². The van der Waals surface area contributed by atoms with E-state index in [1.54, 1.807) is 18.2 Å². The van der Waals surface area contributed by atoms with Crippen LogP contribution >= 0.6 is 11.6 Å². The average Bonchev–Trinajstić information content (AvgIpc) is 2.79. The van der Waals surface area contributed by atoms with Crippen LogP contribution in [-0.4, -0.2) is 36.9 Å². The number of nitrogens with one attached hydrogen (secondary N) is 1. The lowest BCUT2D eigenvalue weighted by molar-refractivity contribution is -0.119. The summed E-state index contributed by atoms with van der Waals surface area (Å²) in [6.45, 7) is 12.7. The number of carbonyl (C=O) groups excluding carboxylic acids is 2. The molecule has 0 radical (unpaired) electrons. The predicted octanol–water partition coefficient (Wildman–Crippen LogP) is 5.04. The Bertz CT molecular complexity index is 1060. The number of piperidine rings is 1. The molecule has 1 aliphatic carbocycles. The molecule has 166 valence electrons.